The normalized spacial score (nSPS) is 12.4. The van der Waals surface area contributed by atoms with Crippen LogP contribution in [0, 0.1) is 6.92 Å². The number of H-pyrrole nitrogens is 1. The van der Waals surface area contributed by atoms with Crippen LogP contribution in [0.3, 0.4) is 0 Å². The SMILES string of the molecule is CCOC(=O)c1nc(C)n(C(C)c2nn[nH]n2)c1N. The predicted octanol–water partition coefficient (Wildman–Crippen LogP) is 0.0728. The minimum absolute atomic E-state index is 0.106. The quantitative estimate of drug-likeness (QED) is 0.749. The summed E-state index contributed by atoms with van der Waals surface area (Å²) in [4.78, 5) is 15.8. The number of rotatable bonds is 4. The topological polar surface area (TPSA) is 125 Å². The van der Waals surface area contributed by atoms with Crippen molar-refractivity contribution in [1.82, 2.24) is 30.2 Å². The Hall–Kier alpha value is -2.45. The molecule has 0 aromatic carbocycles. The van der Waals surface area contributed by atoms with Crippen molar-refractivity contribution in [2.24, 2.45) is 0 Å². The molecule has 0 aliphatic heterocycles. The Bertz CT molecular complexity index is 575. The third kappa shape index (κ3) is 2.26. The monoisotopic (exact) mass is 265 g/mol. The first-order valence-corrected chi connectivity index (χ1v) is 5.81. The van der Waals surface area contributed by atoms with Gasteiger partial charge in [0.05, 0.1) is 12.6 Å². The molecule has 1 unspecified atom stereocenters. The number of esters is 1. The summed E-state index contributed by atoms with van der Waals surface area (Å²) in [6.07, 6.45) is 0. The molecule has 1 atom stereocenters. The number of anilines is 1. The average molecular weight is 265 g/mol. The molecule has 0 aliphatic carbocycles. The molecule has 3 N–H and O–H groups in total. The standard InChI is InChI=1S/C10H15N7O2/c1-4-19-10(18)7-8(11)17(6(3)12-7)5(2)9-13-15-16-14-9/h5H,4,11H2,1-3H3,(H,13,14,15,16). The van der Waals surface area contributed by atoms with Gasteiger partial charge in [-0.05, 0) is 20.8 Å². The summed E-state index contributed by atoms with van der Waals surface area (Å²) in [5.74, 6) is 0.732. The summed E-state index contributed by atoms with van der Waals surface area (Å²) in [5, 5.41) is 13.7. The van der Waals surface area contributed by atoms with Gasteiger partial charge >= 0.3 is 5.97 Å². The molecular formula is C10H15N7O2. The summed E-state index contributed by atoms with van der Waals surface area (Å²) in [6, 6.07) is -0.283. The van der Waals surface area contributed by atoms with Crippen LogP contribution in [-0.2, 0) is 4.74 Å². The summed E-state index contributed by atoms with van der Waals surface area (Å²) in [5.41, 5.74) is 6.06. The molecule has 0 bridgehead atoms. The predicted molar refractivity (Wildman–Crippen MR) is 65.3 cm³/mol. The van der Waals surface area contributed by atoms with E-state index >= 15 is 0 Å². The molecule has 0 saturated heterocycles. The van der Waals surface area contributed by atoms with Crippen molar-refractivity contribution >= 4 is 11.8 Å². The number of hydrogen-bond acceptors (Lipinski definition) is 7. The summed E-state index contributed by atoms with van der Waals surface area (Å²) in [6.45, 7) is 5.57. The zero-order chi connectivity index (χ0) is 14.0. The van der Waals surface area contributed by atoms with Gasteiger partial charge in [0.2, 0.25) is 0 Å². The van der Waals surface area contributed by atoms with E-state index in [-0.39, 0.29) is 24.2 Å². The Balaban J connectivity index is 2.39. The smallest absolute Gasteiger partial charge is 0.360 e. The van der Waals surface area contributed by atoms with Gasteiger partial charge in [-0.2, -0.15) is 5.21 Å². The zero-order valence-electron chi connectivity index (χ0n) is 10.9. The number of nitrogens with zero attached hydrogens (tertiary/aromatic N) is 5. The van der Waals surface area contributed by atoms with Crippen molar-refractivity contribution in [1.29, 1.82) is 0 Å². The van der Waals surface area contributed by atoms with Gasteiger partial charge in [-0.1, -0.05) is 5.21 Å². The second-order valence-corrected chi connectivity index (χ2v) is 3.93. The fourth-order valence-electron chi connectivity index (χ4n) is 1.86. The molecule has 0 amide bonds. The molecule has 0 radical (unpaired) electrons. The van der Waals surface area contributed by atoms with E-state index in [1.54, 1.807) is 18.4 Å². The van der Waals surface area contributed by atoms with E-state index < -0.39 is 5.97 Å². The third-order valence-electron chi connectivity index (χ3n) is 2.72. The zero-order valence-corrected chi connectivity index (χ0v) is 10.9. The number of aromatic nitrogens is 6. The van der Waals surface area contributed by atoms with Crippen LogP contribution >= 0.6 is 0 Å². The molecule has 0 saturated carbocycles. The maximum absolute atomic E-state index is 11.7. The van der Waals surface area contributed by atoms with Crippen LogP contribution in [0.2, 0.25) is 0 Å². The van der Waals surface area contributed by atoms with Gasteiger partial charge in [0.25, 0.3) is 0 Å². The van der Waals surface area contributed by atoms with Crippen LogP contribution in [0.1, 0.15) is 42.0 Å². The van der Waals surface area contributed by atoms with Crippen molar-refractivity contribution in [3.8, 4) is 0 Å². The number of ether oxygens (including phenoxy) is 1. The van der Waals surface area contributed by atoms with E-state index in [4.69, 9.17) is 10.5 Å². The van der Waals surface area contributed by atoms with Crippen LogP contribution in [0.4, 0.5) is 5.82 Å². The Kier molecular flexibility index (Phi) is 3.45. The van der Waals surface area contributed by atoms with E-state index in [9.17, 15) is 4.79 Å². The van der Waals surface area contributed by atoms with E-state index in [0.717, 1.165) is 0 Å². The van der Waals surface area contributed by atoms with Crippen molar-refractivity contribution in [3.63, 3.8) is 0 Å². The number of tetrazole rings is 1. The summed E-state index contributed by atoms with van der Waals surface area (Å²) < 4.78 is 6.57. The number of nitrogens with two attached hydrogens (primary N) is 1. The third-order valence-corrected chi connectivity index (χ3v) is 2.72. The number of nitrogen functional groups attached to an aromatic ring is 1. The minimum Gasteiger partial charge on any atom is -0.461 e. The van der Waals surface area contributed by atoms with Crippen molar-refractivity contribution in [2.75, 3.05) is 12.3 Å². The Morgan fingerprint density at radius 1 is 1.58 bits per heavy atom. The number of aromatic amines is 1. The van der Waals surface area contributed by atoms with Gasteiger partial charge in [-0.15, -0.1) is 10.2 Å². The molecule has 19 heavy (non-hydrogen) atoms. The second kappa shape index (κ2) is 5.04. The lowest BCUT2D eigenvalue weighted by molar-refractivity contribution is 0.0521. The van der Waals surface area contributed by atoms with E-state index in [0.29, 0.717) is 11.6 Å². The van der Waals surface area contributed by atoms with Gasteiger partial charge in [-0.25, -0.2) is 9.78 Å². The lowest BCUT2D eigenvalue weighted by Crippen LogP contribution is -2.14. The average Bonchev–Trinajstić information content (AvgIpc) is 2.97. The first-order valence-electron chi connectivity index (χ1n) is 5.81. The van der Waals surface area contributed by atoms with Crippen LogP contribution in [0.25, 0.3) is 0 Å². The molecule has 102 valence electrons. The number of carbonyl (C=O) groups is 1. The fourth-order valence-corrected chi connectivity index (χ4v) is 1.86. The van der Waals surface area contributed by atoms with Gasteiger partial charge in [0, 0.05) is 0 Å². The van der Waals surface area contributed by atoms with Crippen LogP contribution < -0.4 is 5.73 Å². The number of imidazole rings is 1. The van der Waals surface area contributed by atoms with Crippen LogP contribution in [0.15, 0.2) is 0 Å². The molecule has 0 fully saturated rings. The van der Waals surface area contributed by atoms with Crippen LogP contribution in [0.5, 0.6) is 0 Å². The Morgan fingerprint density at radius 2 is 2.32 bits per heavy atom. The second-order valence-electron chi connectivity index (χ2n) is 3.93. The highest BCUT2D eigenvalue weighted by atomic mass is 16.5. The highest BCUT2D eigenvalue weighted by Gasteiger charge is 2.24. The minimum atomic E-state index is -0.540. The van der Waals surface area contributed by atoms with E-state index in [1.807, 2.05) is 6.92 Å². The van der Waals surface area contributed by atoms with Gasteiger partial charge in [0.1, 0.15) is 11.6 Å². The fraction of sp³-hybridized carbons (Fsp3) is 0.500. The molecule has 2 aromatic heterocycles. The van der Waals surface area contributed by atoms with Gasteiger partial charge in [-0.3, -0.25) is 0 Å². The first-order chi connectivity index (χ1) is 9.06. The summed E-state index contributed by atoms with van der Waals surface area (Å²) in [7, 11) is 0. The van der Waals surface area contributed by atoms with Gasteiger partial charge < -0.3 is 15.0 Å². The largest absolute Gasteiger partial charge is 0.461 e. The number of hydrogen-bond donors (Lipinski definition) is 2. The Morgan fingerprint density at radius 3 is 2.89 bits per heavy atom. The maximum Gasteiger partial charge on any atom is 0.360 e. The highest BCUT2D eigenvalue weighted by Crippen LogP contribution is 2.23. The van der Waals surface area contributed by atoms with E-state index in [1.165, 1.54) is 0 Å². The Labute approximate surface area is 109 Å². The van der Waals surface area contributed by atoms with Crippen LogP contribution in [-0.4, -0.2) is 42.8 Å². The van der Waals surface area contributed by atoms with Crippen molar-refractivity contribution in [2.45, 2.75) is 26.8 Å². The van der Waals surface area contributed by atoms with E-state index in [2.05, 4.69) is 25.6 Å². The van der Waals surface area contributed by atoms with Crippen molar-refractivity contribution < 1.29 is 9.53 Å². The molecule has 2 rings (SSSR count). The molecule has 0 spiro atoms. The lowest BCUT2D eigenvalue weighted by Gasteiger charge is -2.12. The lowest BCUT2D eigenvalue weighted by atomic mass is 10.3. The number of nitrogens with one attached hydrogen (secondary N) is 1. The molecule has 2 aromatic rings. The van der Waals surface area contributed by atoms with Crippen molar-refractivity contribution in [3.05, 3.63) is 17.3 Å². The highest BCUT2D eigenvalue weighted by molar-refractivity contribution is 5.92. The van der Waals surface area contributed by atoms with Gasteiger partial charge in [0.15, 0.2) is 11.5 Å². The number of carbonyl (C=O) groups excluding carboxylic acids is 1. The molecule has 0 aliphatic rings. The molecule has 9 nitrogen and oxygen atoms in total. The molecule has 2 heterocycles. The number of aryl methyl sites for hydroxylation is 1. The first kappa shape index (κ1) is 13.0. The maximum atomic E-state index is 11.7. The molecular weight excluding hydrogens is 250 g/mol. The molecule has 9 heteroatoms. The summed E-state index contributed by atoms with van der Waals surface area (Å²) >= 11 is 0.